The molecule has 0 amide bonds. The quantitative estimate of drug-likeness (QED) is 0.327. The van der Waals surface area contributed by atoms with Crippen LogP contribution in [0.3, 0.4) is 0 Å². The fourth-order valence-corrected chi connectivity index (χ4v) is 0.891. The van der Waals surface area contributed by atoms with Gasteiger partial charge in [0.15, 0.2) is 0 Å². The molecule has 0 bridgehead atoms. The van der Waals surface area contributed by atoms with Gasteiger partial charge in [-0.1, -0.05) is 22.6 Å². The summed E-state index contributed by atoms with van der Waals surface area (Å²) in [4.78, 5) is 9.63. The van der Waals surface area contributed by atoms with Crippen LogP contribution in [0.15, 0.2) is 0 Å². The summed E-state index contributed by atoms with van der Waals surface area (Å²) in [7, 11) is 0. The van der Waals surface area contributed by atoms with Gasteiger partial charge in [-0.05, 0) is 17.3 Å². The van der Waals surface area contributed by atoms with E-state index in [2.05, 4.69) is 27.3 Å². The molecule has 0 rings (SSSR count). The van der Waals surface area contributed by atoms with Gasteiger partial charge in [0, 0.05) is 0 Å². The van der Waals surface area contributed by atoms with Gasteiger partial charge in [0.1, 0.15) is 0 Å². The fourth-order valence-electron chi connectivity index (χ4n) is 0.352. The first-order valence-electron chi connectivity index (χ1n) is 2.67. The second-order valence-corrected chi connectivity index (χ2v) is 2.57. The third kappa shape index (κ3) is 8.00. The third-order valence-electron chi connectivity index (χ3n) is 0.748. The van der Waals surface area contributed by atoms with Crippen molar-refractivity contribution in [1.82, 2.24) is 0 Å². The molecule has 53 valence electrons. The van der Waals surface area contributed by atoms with Crippen molar-refractivity contribution in [3.8, 4) is 0 Å². The lowest BCUT2D eigenvalue weighted by atomic mass is 10.4. The minimum Gasteiger partial charge on any atom is -0.432 e. The number of rotatable bonds is 4. The van der Waals surface area contributed by atoms with Crippen LogP contribution < -0.4 is 0 Å². The van der Waals surface area contributed by atoms with Crippen LogP contribution in [0.5, 0.6) is 0 Å². The van der Waals surface area contributed by atoms with E-state index in [4.69, 9.17) is 0 Å². The molecule has 0 aliphatic carbocycles. The molecule has 0 N–H and O–H groups in total. The SMILES string of the molecule is [O]C(=O)OCCCCI. The van der Waals surface area contributed by atoms with Gasteiger partial charge >= 0.3 is 6.16 Å². The number of ether oxygens (including phenoxy) is 1. The summed E-state index contributed by atoms with van der Waals surface area (Å²) >= 11 is 2.23. The topological polar surface area (TPSA) is 46.2 Å². The average molecular weight is 243 g/mol. The first-order valence-corrected chi connectivity index (χ1v) is 4.19. The van der Waals surface area contributed by atoms with E-state index in [9.17, 15) is 9.90 Å². The van der Waals surface area contributed by atoms with Crippen LogP contribution in [0.4, 0.5) is 4.79 Å². The largest absolute Gasteiger partial charge is 0.549 e. The number of halogens is 1. The van der Waals surface area contributed by atoms with Gasteiger partial charge in [-0.3, -0.25) is 0 Å². The predicted molar refractivity (Wildman–Crippen MR) is 40.2 cm³/mol. The van der Waals surface area contributed by atoms with Crippen molar-refractivity contribution in [3.05, 3.63) is 0 Å². The Kier molecular flexibility index (Phi) is 6.12. The number of hydrogen-bond acceptors (Lipinski definition) is 2. The number of unbranched alkanes of at least 4 members (excludes halogenated alkanes) is 1. The van der Waals surface area contributed by atoms with Crippen molar-refractivity contribution in [1.29, 1.82) is 0 Å². The lowest BCUT2D eigenvalue weighted by Crippen LogP contribution is -1.99. The monoisotopic (exact) mass is 243 g/mol. The highest BCUT2D eigenvalue weighted by molar-refractivity contribution is 14.1. The van der Waals surface area contributed by atoms with Gasteiger partial charge in [0.2, 0.25) is 0 Å². The molecule has 0 aliphatic heterocycles. The molecule has 0 heterocycles. The second kappa shape index (κ2) is 6.12. The Morgan fingerprint density at radius 2 is 2.11 bits per heavy atom. The Bertz CT molecular complexity index is 84.3. The second-order valence-electron chi connectivity index (χ2n) is 1.49. The standard InChI is InChI=1S/C5H8IO3/c6-3-1-2-4-9-5(7)8/h1-4H2. The summed E-state index contributed by atoms with van der Waals surface area (Å²) in [6.45, 7) is 0.269. The van der Waals surface area contributed by atoms with E-state index in [1.54, 1.807) is 0 Å². The van der Waals surface area contributed by atoms with Crippen LogP contribution in [0.25, 0.3) is 0 Å². The Balaban J connectivity index is 2.83. The summed E-state index contributed by atoms with van der Waals surface area (Å²) in [5.74, 6) is 0. The Morgan fingerprint density at radius 3 is 2.56 bits per heavy atom. The normalized spacial score (nSPS) is 9.00. The van der Waals surface area contributed by atoms with E-state index in [1.807, 2.05) is 0 Å². The fraction of sp³-hybridized carbons (Fsp3) is 0.800. The van der Waals surface area contributed by atoms with Crippen molar-refractivity contribution in [3.63, 3.8) is 0 Å². The summed E-state index contributed by atoms with van der Waals surface area (Å²) in [5, 5.41) is 9.63. The van der Waals surface area contributed by atoms with E-state index in [1.165, 1.54) is 0 Å². The van der Waals surface area contributed by atoms with Crippen molar-refractivity contribution >= 4 is 28.7 Å². The predicted octanol–water partition coefficient (Wildman–Crippen LogP) is 1.77. The number of hydrogen-bond donors (Lipinski definition) is 0. The highest BCUT2D eigenvalue weighted by Crippen LogP contribution is 1.94. The first kappa shape index (κ1) is 9.00. The van der Waals surface area contributed by atoms with Crippen LogP contribution >= 0.6 is 22.6 Å². The van der Waals surface area contributed by atoms with Crippen LogP contribution in [0.2, 0.25) is 0 Å². The summed E-state index contributed by atoms with van der Waals surface area (Å²) in [5.41, 5.74) is 0. The highest BCUT2D eigenvalue weighted by Gasteiger charge is 1.96. The molecule has 0 saturated carbocycles. The molecule has 0 aromatic heterocycles. The molecule has 0 saturated heterocycles. The molecule has 0 spiro atoms. The van der Waals surface area contributed by atoms with E-state index < -0.39 is 6.16 Å². The van der Waals surface area contributed by atoms with Crippen LogP contribution in [0.1, 0.15) is 12.8 Å². The summed E-state index contributed by atoms with van der Waals surface area (Å²) in [6, 6.07) is 0. The van der Waals surface area contributed by atoms with Crippen molar-refractivity contribution in [2.24, 2.45) is 0 Å². The maximum Gasteiger partial charge on any atom is 0.549 e. The Morgan fingerprint density at radius 1 is 1.44 bits per heavy atom. The van der Waals surface area contributed by atoms with E-state index in [0.717, 1.165) is 17.3 Å². The molecule has 0 unspecified atom stereocenters. The molecule has 0 atom stereocenters. The minimum atomic E-state index is -1.43. The maximum atomic E-state index is 9.63. The van der Waals surface area contributed by atoms with Crippen molar-refractivity contribution < 1.29 is 14.6 Å². The average Bonchev–Trinajstić information content (AvgIpc) is 1.80. The van der Waals surface area contributed by atoms with Crippen LogP contribution in [0, 0.1) is 0 Å². The molecular weight excluding hydrogens is 235 g/mol. The minimum absolute atomic E-state index is 0.269. The molecule has 0 fully saturated rings. The smallest absolute Gasteiger partial charge is 0.432 e. The summed E-state index contributed by atoms with van der Waals surface area (Å²) < 4.78 is 5.18. The number of carbonyl (C=O) groups excluding carboxylic acids is 1. The maximum absolute atomic E-state index is 9.63. The first-order chi connectivity index (χ1) is 4.27. The zero-order valence-corrected chi connectivity index (χ0v) is 7.09. The zero-order chi connectivity index (χ0) is 7.11. The molecular formula is C5H8IO3. The van der Waals surface area contributed by atoms with Gasteiger partial charge in [-0.15, -0.1) is 0 Å². The van der Waals surface area contributed by atoms with Gasteiger partial charge < -0.3 is 4.74 Å². The van der Waals surface area contributed by atoms with E-state index in [-0.39, 0.29) is 6.61 Å². The molecule has 9 heavy (non-hydrogen) atoms. The molecule has 0 aromatic rings. The van der Waals surface area contributed by atoms with Crippen molar-refractivity contribution in [2.75, 3.05) is 11.0 Å². The van der Waals surface area contributed by atoms with Gasteiger partial charge in [0.25, 0.3) is 0 Å². The number of alkyl halides is 1. The molecule has 0 aliphatic rings. The number of carbonyl (C=O) groups is 1. The Labute approximate surface area is 67.5 Å². The van der Waals surface area contributed by atoms with Gasteiger partial charge in [0.05, 0.1) is 6.61 Å². The summed E-state index contributed by atoms with van der Waals surface area (Å²) in [6.07, 6.45) is 0.355. The zero-order valence-electron chi connectivity index (χ0n) is 4.93. The highest BCUT2D eigenvalue weighted by atomic mass is 127. The molecule has 1 radical (unpaired) electrons. The van der Waals surface area contributed by atoms with Crippen LogP contribution in [-0.4, -0.2) is 17.2 Å². The van der Waals surface area contributed by atoms with Crippen LogP contribution in [-0.2, 0) is 9.84 Å². The molecule has 3 nitrogen and oxygen atoms in total. The lowest BCUT2D eigenvalue weighted by molar-refractivity contribution is 0.0669. The third-order valence-corrected chi connectivity index (χ3v) is 1.51. The van der Waals surface area contributed by atoms with E-state index >= 15 is 0 Å². The van der Waals surface area contributed by atoms with Crippen molar-refractivity contribution in [2.45, 2.75) is 12.8 Å². The van der Waals surface area contributed by atoms with Gasteiger partial charge in [-0.25, -0.2) is 0 Å². The van der Waals surface area contributed by atoms with E-state index in [0.29, 0.717) is 0 Å². The molecule has 4 heteroatoms. The van der Waals surface area contributed by atoms with Gasteiger partial charge in [-0.2, -0.15) is 9.90 Å². The Hall–Kier alpha value is 0. The lowest BCUT2D eigenvalue weighted by Gasteiger charge is -1.94. The molecule has 0 aromatic carbocycles.